The van der Waals surface area contributed by atoms with Crippen LogP contribution in [0.1, 0.15) is 72.8 Å². The van der Waals surface area contributed by atoms with Crippen LogP contribution in [0, 0.1) is 0 Å². The lowest BCUT2D eigenvalue weighted by Crippen LogP contribution is -1.97. The number of carbonyl (C=O) groups excluding carboxylic acids is 1. The van der Waals surface area contributed by atoms with Crippen LogP contribution >= 0.6 is 0 Å². The standard InChI is InChI=1S/C13H11NO.4C2H6.CH5N/c1-10(15)12-8-5-9-13(14-12)11-6-3-2-4-7-11;5*1-2/h2-9H,1H3;4*1-2H3;2H2,1H3. The summed E-state index contributed by atoms with van der Waals surface area (Å²) in [6, 6.07) is 15.3. The highest BCUT2D eigenvalue weighted by Gasteiger charge is 2.03. The second-order valence-corrected chi connectivity index (χ2v) is 3.33. The summed E-state index contributed by atoms with van der Waals surface area (Å²) < 4.78 is 0. The van der Waals surface area contributed by atoms with Gasteiger partial charge in [0.2, 0.25) is 0 Å². The first kappa shape index (κ1) is 30.8. The van der Waals surface area contributed by atoms with Crippen LogP contribution in [-0.4, -0.2) is 17.8 Å². The first-order valence-corrected chi connectivity index (χ1v) is 9.38. The SMILES string of the molecule is CC.CC.CC.CC.CC(=O)c1cccc(-c2ccccc2)n1.CN. The molecule has 3 nitrogen and oxygen atoms in total. The van der Waals surface area contributed by atoms with Crippen molar-refractivity contribution < 1.29 is 4.79 Å². The normalized spacial score (nSPS) is 7.16. The van der Waals surface area contributed by atoms with Gasteiger partial charge in [0.05, 0.1) is 5.69 Å². The minimum atomic E-state index is -0.00668. The summed E-state index contributed by atoms with van der Waals surface area (Å²) in [6.07, 6.45) is 0. The lowest BCUT2D eigenvalue weighted by Gasteiger charge is -2.01. The maximum atomic E-state index is 11.2. The van der Waals surface area contributed by atoms with Gasteiger partial charge in [0.15, 0.2) is 5.78 Å². The third kappa shape index (κ3) is 15.3. The van der Waals surface area contributed by atoms with E-state index in [1.165, 1.54) is 14.0 Å². The average molecular weight is 349 g/mol. The summed E-state index contributed by atoms with van der Waals surface area (Å²) in [5, 5.41) is 0. The van der Waals surface area contributed by atoms with Crippen molar-refractivity contribution in [2.45, 2.75) is 62.3 Å². The number of rotatable bonds is 2. The first-order valence-electron chi connectivity index (χ1n) is 9.38. The van der Waals surface area contributed by atoms with Crippen LogP contribution in [0.25, 0.3) is 11.3 Å². The Bertz CT molecular complexity index is 482. The van der Waals surface area contributed by atoms with E-state index in [4.69, 9.17) is 0 Å². The monoisotopic (exact) mass is 348 g/mol. The molecule has 3 heteroatoms. The van der Waals surface area contributed by atoms with Crippen molar-refractivity contribution in [1.29, 1.82) is 0 Å². The van der Waals surface area contributed by atoms with E-state index in [0.29, 0.717) is 5.69 Å². The van der Waals surface area contributed by atoms with Crippen molar-refractivity contribution >= 4 is 5.78 Å². The number of Topliss-reactive ketones (excluding diaryl/α,β-unsaturated/α-hetero) is 1. The van der Waals surface area contributed by atoms with Gasteiger partial charge in [0.1, 0.15) is 5.69 Å². The third-order valence-corrected chi connectivity index (χ3v) is 2.18. The highest BCUT2D eigenvalue weighted by molar-refractivity contribution is 5.92. The zero-order chi connectivity index (χ0) is 20.7. The quantitative estimate of drug-likeness (QED) is 0.619. The van der Waals surface area contributed by atoms with Gasteiger partial charge in [0.25, 0.3) is 0 Å². The molecule has 0 saturated carbocycles. The summed E-state index contributed by atoms with van der Waals surface area (Å²) in [5.41, 5.74) is 6.88. The molecule has 2 rings (SSSR count). The van der Waals surface area contributed by atoms with Crippen LogP contribution < -0.4 is 5.73 Å². The smallest absolute Gasteiger partial charge is 0.178 e. The number of hydrogen-bond donors (Lipinski definition) is 1. The maximum Gasteiger partial charge on any atom is 0.178 e. The van der Waals surface area contributed by atoms with Crippen LogP contribution in [0.15, 0.2) is 48.5 Å². The van der Waals surface area contributed by atoms with Crippen LogP contribution in [0.3, 0.4) is 0 Å². The van der Waals surface area contributed by atoms with Gasteiger partial charge in [0, 0.05) is 12.5 Å². The third-order valence-electron chi connectivity index (χ3n) is 2.18. The molecule has 144 valence electrons. The summed E-state index contributed by atoms with van der Waals surface area (Å²) in [6.45, 7) is 17.5. The number of pyridine rings is 1. The number of nitrogens with zero attached hydrogens (tertiary/aromatic N) is 1. The Hall–Kier alpha value is -2.00. The van der Waals surface area contributed by atoms with Crippen LogP contribution in [0.4, 0.5) is 0 Å². The molecule has 25 heavy (non-hydrogen) atoms. The fourth-order valence-electron chi connectivity index (χ4n) is 1.40. The zero-order valence-electron chi connectivity index (χ0n) is 18.1. The van der Waals surface area contributed by atoms with E-state index in [-0.39, 0.29) is 5.78 Å². The van der Waals surface area contributed by atoms with E-state index in [0.717, 1.165) is 11.3 Å². The molecule has 0 radical (unpaired) electrons. The topological polar surface area (TPSA) is 56.0 Å². The molecule has 1 aromatic carbocycles. The van der Waals surface area contributed by atoms with Crippen LogP contribution in [-0.2, 0) is 0 Å². The van der Waals surface area contributed by atoms with Gasteiger partial charge in [-0.3, -0.25) is 4.79 Å². The Morgan fingerprint density at radius 3 is 1.56 bits per heavy atom. The molecule has 0 aliphatic carbocycles. The predicted molar refractivity (Wildman–Crippen MR) is 115 cm³/mol. The van der Waals surface area contributed by atoms with Gasteiger partial charge in [-0.1, -0.05) is 91.8 Å². The van der Waals surface area contributed by atoms with Gasteiger partial charge >= 0.3 is 0 Å². The van der Waals surface area contributed by atoms with E-state index in [1.807, 2.05) is 97.9 Å². The molecule has 1 heterocycles. The van der Waals surface area contributed by atoms with Gasteiger partial charge in [-0.05, 0) is 19.2 Å². The second-order valence-electron chi connectivity index (χ2n) is 3.33. The fourth-order valence-corrected chi connectivity index (χ4v) is 1.40. The molecule has 0 atom stereocenters. The van der Waals surface area contributed by atoms with Crippen molar-refractivity contribution in [1.82, 2.24) is 4.98 Å². The van der Waals surface area contributed by atoms with Gasteiger partial charge in [-0.15, -0.1) is 0 Å². The van der Waals surface area contributed by atoms with E-state index in [9.17, 15) is 4.79 Å². The molecular weight excluding hydrogens is 308 g/mol. The van der Waals surface area contributed by atoms with E-state index < -0.39 is 0 Å². The number of carbonyl (C=O) groups is 1. The Morgan fingerprint density at radius 1 is 0.720 bits per heavy atom. The molecule has 2 N–H and O–H groups in total. The number of ketones is 1. The molecule has 0 spiro atoms. The molecule has 0 amide bonds. The number of nitrogens with two attached hydrogens (primary N) is 1. The van der Waals surface area contributed by atoms with Crippen molar-refractivity contribution in [3.05, 3.63) is 54.2 Å². The average Bonchev–Trinajstić information content (AvgIpc) is 2.76. The summed E-state index contributed by atoms with van der Waals surface area (Å²) in [5.74, 6) is -0.00668. The number of aromatic nitrogens is 1. The van der Waals surface area contributed by atoms with Gasteiger partial charge in [-0.25, -0.2) is 4.98 Å². The molecule has 0 bridgehead atoms. The van der Waals surface area contributed by atoms with E-state index in [1.54, 1.807) is 6.07 Å². The summed E-state index contributed by atoms with van der Waals surface area (Å²) in [4.78, 5) is 15.5. The summed E-state index contributed by atoms with van der Waals surface area (Å²) in [7, 11) is 1.50. The van der Waals surface area contributed by atoms with Crippen molar-refractivity contribution in [3.8, 4) is 11.3 Å². The van der Waals surface area contributed by atoms with Crippen LogP contribution in [0.5, 0.6) is 0 Å². The Balaban J connectivity index is -0.000000191. The Labute approximate surface area is 156 Å². The molecule has 0 unspecified atom stereocenters. The van der Waals surface area contributed by atoms with E-state index in [2.05, 4.69) is 10.7 Å². The van der Waals surface area contributed by atoms with Crippen molar-refractivity contribution in [2.75, 3.05) is 7.05 Å². The first-order chi connectivity index (χ1) is 12.3. The van der Waals surface area contributed by atoms with Crippen molar-refractivity contribution in [2.24, 2.45) is 5.73 Å². The summed E-state index contributed by atoms with van der Waals surface area (Å²) >= 11 is 0. The van der Waals surface area contributed by atoms with Gasteiger partial charge in [-0.2, -0.15) is 0 Å². The predicted octanol–water partition coefficient (Wildman–Crippen LogP) is 6.63. The maximum absolute atomic E-state index is 11.2. The largest absolute Gasteiger partial charge is 0.333 e. The fraction of sp³-hybridized carbons (Fsp3) is 0.455. The molecule has 0 saturated heterocycles. The van der Waals surface area contributed by atoms with Crippen LogP contribution in [0.2, 0.25) is 0 Å². The molecule has 0 aliphatic heterocycles. The molecular formula is C22H40N2O. The van der Waals surface area contributed by atoms with Crippen molar-refractivity contribution in [3.63, 3.8) is 0 Å². The zero-order valence-corrected chi connectivity index (χ0v) is 18.1. The molecule has 1 aromatic heterocycles. The molecule has 0 aliphatic rings. The Morgan fingerprint density at radius 2 is 1.16 bits per heavy atom. The lowest BCUT2D eigenvalue weighted by atomic mass is 10.1. The second kappa shape index (κ2) is 26.9. The minimum Gasteiger partial charge on any atom is -0.333 e. The molecule has 2 aromatic rings. The van der Waals surface area contributed by atoms with E-state index >= 15 is 0 Å². The van der Waals surface area contributed by atoms with Gasteiger partial charge < -0.3 is 5.73 Å². The minimum absolute atomic E-state index is 0.00668. The number of benzene rings is 1. The molecule has 0 fully saturated rings. The lowest BCUT2D eigenvalue weighted by molar-refractivity contribution is 0.101. The highest BCUT2D eigenvalue weighted by Crippen LogP contribution is 2.16. The number of hydrogen-bond acceptors (Lipinski definition) is 3. The Kier molecular flexibility index (Phi) is 33.1. The highest BCUT2D eigenvalue weighted by atomic mass is 16.1.